The molecule has 72 valence electrons. The molecule has 0 spiro atoms. The van der Waals surface area contributed by atoms with E-state index in [0.29, 0.717) is 6.42 Å². The Labute approximate surface area is 88.5 Å². The van der Waals surface area contributed by atoms with Crippen molar-refractivity contribution in [3.63, 3.8) is 0 Å². The largest absolute Gasteiger partial charge is 0.378 e. The lowest BCUT2D eigenvalue weighted by atomic mass is 10.1. The van der Waals surface area contributed by atoms with Gasteiger partial charge in [0.2, 0.25) is 0 Å². The summed E-state index contributed by atoms with van der Waals surface area (Å²) in [6.07, 6.45) is 0.404. The molecule has 1 aromatic rings. The zero-order chi connectivity index (χ0) is 10.3. The third kappa shape index (κ3) is 1.34. The van der Waals surface area contributed by atoms with Crippen molar-refractivity contribution in [2.45, 2.75) is 6.42 Å². The molecular weight excluding hydrogens is 194 g/mol. The zero-order valence-corrected chi connectivity index (χ0v) is 9.02. The van der Waals surface area contributed by atoms with Gasteiger partial charge in [-0.3, -0.25) is 4.79 Å². The molecule has 0 radical (unpaired) electrons. The molecule has 2 rings (SSSR count). The molecule has 0 amide bonds. The second kappa shape index (κ2) is 3.17. The first kappa shape index (κ1) is 9.34. The van der Waals surface area contributed by atoms with Crippen molar-refractivity contribution >= 4 is 28.6 Å². The van der Waals surface area contributed by atoms with Crippen molar-refractivity contribution in [2.75, 3.05) is 19.0 Å². The standard InChI is InChI=1S/C11H11NOS/c1-12(2)7-3-4-8-9(5-7)10(13)6-11(8)14/h3-5H,6H2,1-2H3. The lowest BCUT2D eigenvalue weighted by Gasteiger charge is -2.13. The Kier molecular flexibility index (Phi) is 2.11. The van der Waals surface area contributed by atoms with Crippen LogP contribution in [0.4, 0.5) is 5.69 Å². The average molecular weight is 205 g/mol. The minimum atomic E-state index is 0.147. The van der Waals surface area contributed by atoms with E-state index in [0.717, 1.165) is 21.7 Å². The molecule has 0 aliphatic heterocycles. The number of nitrogens with zero attached hydrogens (tertiary/aromatic N) is 1. The molecule has 0 bridgehead atoms. The second-order valence-electron chi connectivity index (χ2n) is 3.65. The molecule has 0 saturated heterocycles. The highest BCUT2D eigenvalue weighted by Gasteiger charge is 2.24. The van der Waals surface area contributed by atoms with E-state index in [1.54, 1.807) is 0 Å². The summed E-state index contributed by atoms with van der Waals surface area (Å²) < 4.78 is 0. The van der Waals surface area contributed by atoms with E-state index in [2.05, 4.69) is 0 Å². The van der Waals surface area contributed by atoms with Crippen LogP contribution in [0.2, 0.25) is 0 Å². The summed E-state index contributed by atoms with van der Waals surface area (Å²) in [6, 6.07) is 5.85. The fraction of sp³-hybridized carbons (Fsp3) is 0.273. The van der Waals surface area contributed by atoms with Gasteiger partial charge in [-0.1, -0.05) is 18.3 Å². The van der Waals surface area contributed by atoms with Gasteiger partial charge in [0, 0.05) is 36.6 Å². The summed E-state index contributed by atoms with van der Waals surface area (Å²) >= 11 is 5.13. The first-order valence-electron chi connectivity index (χ1n) is 4.47. The molecule has 14 heavy (non-hydrogen) atoms. The molecule has 0 heterocycles. The van der Waals surface area contributed by atoms with Crippen LogP contribution in [-0.4, -0.2) is 24.7 Å². The number of ketones is 1. The van der Waals surface area contributed by atoms with Crippen molar-refractivity contribution in [3.05, 3.63) is 29.3 Å². The molecule has 0 N–H and O–H groups in total. The predicted molar refractivity (Wildman–Crippen MR) is 61.4 cm³/mol. The molecule has 0 atom stereocenters. The van der Waals surface area contributed by atoms with E-state index in [1.807, 2.05) is 37.2 Å². The van der Waals surface area contributed by atoms with Gasteiger partial charge < -0.3 is 4.90 Å². The molecule has 2 nitrogen and oxygen atoms in total. The molecule has 1 aromatic carbocycles. The summed E-state index contributed by atoms with van der Waals surface area (Å²) in [5.41, 5.74) is 2.76. The zero-order valence-electron chi connectivity index (χ0n) is 8.20. The Hall–Kier alpha value is -1.22. The van der Waals surface area contributed by atoms with Crippen LogP contribution in [0.15, 0.2) is 18.2 Å². The third-order valence-corrected chi connectivity index (χ3v) is 2.81. The van der Waals surface area contributed by atoms with E-state index in [4.69, 9.17) is 12.2 Å². The number of hydrogen-bond acceptors (Lipinski definition) is 3. The lowest BCUT2D eigenvalue weighted by molar-refractivity contribution is 0.101. The van der Waals surface area contributed by atoms with E-state index in [9.17, 15) is 4.79 Å². The number of benzene rings is 1. The number of carbonyl (C=O) groups is 1. The second-order valence-corrected chi connectivity index (χ2v) is 4.14. The summed E-state index contributed by atoms with van der Waals surface area (Å²) in [5, 5.41) is 0. The molecule has 1 aliphatic carbocycles. The third-order valence-electron chi connectivity index (χ3n) is 2.44. The van der Waals surface area contributed by atoms with Crippen LogP contribution < -0.4 is 4.90 Å². The van der Waals surface area contributed by atoms with Gasteiger partial charge in [-0.15, -0.1) is 0 Å². The number of carbonyl (C=O) groups excluding carboxylic acids is 1. The highest BCUT2D eigenvalue weighted by Crippen LogP contribution is 2.26. The maximum atomic E-state index is 11.5. The van der Waals surface area contributed by atoms with Crippen LogP contribution in [0.25, 0.3) is 0 Å². The molecule has 0 saturated carbocycles. The van der Waals surface area contributed by atoms with Crippen LogP contribution in [0.5, 0.6) is 0 Å². The molecular formula is C11H11NOS. The normalized spacial score (nSPS) is 14.4. The lowest BCUT2D eigenvalue weighted by Crippen LogP contribution is -2.09. The Bertz CT molecular complexity index is 423. The summed E-state index contributed by atoms with van der Waals surface area (Å²) in [7, 11) is 3.92. The van der Waals surface area contributed by atoms with Crippen molar-refractivity contribution in [1.29, 1.82) is 0 Å². The summed E-state index contributed by atoms with van der Waals surface area (Å²) in [5.74, 6) is 0.147. The van der Waals surface area contributed by atoms with E-state index < -0.39 is 0 Å². The van der Waals surface area contributed by atoms with Crippen LogP contribution in [0.3, 0.4) is 0 Å². The number of thiocarbonyl (C=S) groups is 1. The van der Waals surface area contributed by atoms with E-state index >= 15 is 0 Å². The quantitative estimate of drug-likeness (QED) is 0.654. The fourth-order valence-electron chi connectivity index (χ4n) is 1.62. The van der Waals surface area contributed by atoms with Crippen molar-refractivity contribution in [1.82, 2.24) is 0 Å². The highest BCUT2D eigenvalue weighted by molar-refractivity contribution is 7.81. The molecule has 0 fully saturated rings. The van der Waals surface area contributed by atoms with Gasteiger partial charge in [0.05, 0.1) is 0 Å². The van der Waals surface area contributed by atoms with Gasteiger partial charge in [0.15, 0.2) is 5.78 Å². The number of fused-ring (bicyclic) bond motifs is 1. The highest BCUT2D eigenvalue weighted by atomic mass is 32.1. The first-order chi connectivity index (χ1) is 6.59. The van der Waals surface area contributed by atoms with Gasteiger partial charge in [0.25, 0.3) is 0 Å². The summed E-state index contributed by atoms with van der Waals surface area (Å²) in [4.78, 5) is 14.3. The maximum Gasteiger partial charge on any atom is 0.168 e. The van der Waals surface area contributed by atoms with Crippen LogP contribution in [0, 0.1) is 0 Å². The van der Waals surface area contributed by atoms with Gasteiger partial charge in [-0.25, -0.2) is 0 Å². The number of hydrogen-bond donors (Lipinski definition) is 0. The number of Topliss-reactive ketones (excluding diaryl/α,β-unsaturated/α-hetero) is 1. The monoisotopic (exact) mass is 205 g/mol. The predicted octanol–water partition coefficient (Wildman–Crippen LogP) is 2.06. The first-order valence-corrected chi connectivity index (χ1v) is 4.88. The SMILES string of the molecule is CN(C)c1ccc2c(c1)C(=O)CC2=S. The Morgan fingerprint density at radius 1 is 1.29 bits per heavy atom. The van der Waals surface area contributed by atoms with Gasteiger partial charge in [-0.05, 0) is 17.7 Å². The number of rotatable bonds is 1. The molecule has 3 heteroatoms. The molecule has 0 unspecified atom stereocenters. The summed E-state index contributed by atoms with van der Waals surface area (Å²) in [6.45, 7) is 0. The minimum Gasteiger partial charge on any atom is -0.378 e. The smallest absolute Gasteiger partial charge is 0.168 e. The van der Waals surface area contributed by atoms with E-state index in [1.165, 1.54) is 0 Å². The minimum absolute atomic E-state index is 0.147. The topological polar surface area (TPSA) is 20.3 Å². The van der Waals surface area contributed by atoms with Crippen LogP contribution in [0.1, 0.15) is 22.3 Å². The van der Waals surface area contributed by atoms with Gasteiger partial charge in [0.1, 0.15) is 0 Å². The number of anilines is 1. The van der Waals surface area contributed by atoms with E-state index in [-0.39, 0.29) is 5.78 Å². The van der Waals surface area contributed by atoms with Crippen LogP contribution >= 0.6 is 12.2 Å². The fourth-order valence-corrected chi connectivity index (χ4v) is 1.93. The van der Waals surface area contributed by atoms with Crippen molar-refractivity contribution < 1.29 is 4.79 Å². The van der Waals surface area contributed by atoms with Crippen molar-refractivity contribution in [2.24, 2.45) is 0 Å². The van der Waals surface area contributed by atoms with Gasteiger partial charge in [-0.2, -0.15) is 0 Å². The Morgan fingerprint density at radius 2 is 2.00 bits per heavy atom. The molecule has 1 aliphatic rings. The van der Waals surface area contributed by atoms with Crippen LogP contribution in [-0.2, 0) is 0 Å². The van der Waals surface area contributed by atoms with Crippen molar-refractivity contribution in [3.8, 4) is 0 Å². The molecule has 0 aromatic heterocycles. The van der Waals surface area contributed by atoms with Gasteiger partial charge >= 0.3 is 0 Å². The maximum absolute atomic E-state index is 11.5. The Morgan fingerprint density at radius 3 is 2.64 bits per heavy atom. The average Bonchev–Trinajstić information content (AvgIpc) is 2.42. The Balaban J connectivity index is 2.55.